The molecule has 0 aliphatic carbocycles. The van der Waals surface area contributed by atoms with Crippen LogP contribution >= 0.6 is 22.6 Å². The summed E-state index contributed by atoms with van der Waals surface area (Å²) in [5.41, 5.74) is 5.87. The predicted molar refractivity (Wildman–Crippen MR) is 75.8 cm³/mol. The van der Waals surface area contributed by atoms with Gasteiger partial charge in [-0.3, -0.25) is 0 Å². The Hall–Kier alpha value is -1.06. The highest BCUT2D eigenvalue weighted by Gasteiger charge is 2.28. The number of nitrogens with zero attached hydrogens (tertiary/aromatic N) is 2. The molecule has 5 nitrogen and oxygen atoms in total. The molecule has 0 saturated heterocycles. The van der Waals surface area contributed by atoms with Crippen LogP contribution in [0.4, 0.5) is 4.39 Å². The molecule has 1 heterocycles. The van der Waals surface area contributed by atoms with Crippen LogP contribution < -0.4 is 5.73 Å². The van der Waals surface area contributed by atoms with Gasteiger partial charge in [0.05, 0.1) is 12.2 Å². The topological polar surface area (TPSA) is 74.2 Å². The number of methoxy groups -OCH3 is 1. The summed E-state index contributed by atoms with van der Waals surface area (Å²) in [4.78, 5) is 4.25. The SMILES string of the molecule is COCC(C)(N)c1noc(-c2ccc(F)cc2I)n1. The van der Waals surface area contributed by atoms with Gasteiger partial charge in [0.25, 0.3) is 5.89 Å². The van der Waals surface area contributed by atoms with Crippen LogP contribution in [0.15, 0.2) is 22.7 Å². The molecule has 0 saturated carbocycles. The largest absolute Gasteiger partial charge is 0.382 e. The van der Waals surface area contributed by atoms with Gasteiger partial charge in [-0.1, -0.05) is 5.16 Å². The monoisotopic (exact) mass is 377 g/mol. The number of halogens is 2. The lowest BCUT2D eigenvalue weighted by Crippen LogP contribution is -2.38. The van der Waals surface area contributed by atoms with Gasteiger partial charge in [-0.2, -0.15) is 4.98 Å². The van der Waals surface area contributed by atoms with Crippen LogP contribution in [0, 0.1) is 9.39 Å². The first-order chi connectivity index (χ1) is 8.94. The van der Waals surface area contributed by atoms with Crippen molar-refractivity contribution < 1.29 is 13.7 Å². The molecule has 0 bridgehead atoms. The molecule has 2 aromatic rings. The molecule has 2 rings (SSSR count). The number of hydrogen-bond donors (Lipinski definition) is 1. The fourth-order valence-corrected chi connectivity index (χ4v) is 2.30. The molecular weight excluding hydrogens is 364 g/mol. The van der Waals surface area contributed by atoms with Crippen molar-refractivity contribution in [3.63, 3.8) is 0 Å². The second-order valence-corrected chi connectivity index (χ2v) is 5.56. The van der Waals surface area contributed by atoms with E-state index in [4.69, 9.17) is 15.0 Å². The van der Waals surface area contributed by atoms with E-state index in [2.05, 4.69) is 10.1 Å². The highest BCUT2D eigenvalue weighted by Crippen LogP contribution is 2.26. The quantitative estimate of drug-likeness (QED) is 0.828. The zero-order chi connectivity index (χ0) is 14.0. The maximum absolute atomic E-state index is 13.1. The molecule has 1 aromatic carbocycles. The Morgan fingerprint density at radius 2 is 2.26 bits per heavy atom. The molecule has 1 atom stereocenters. The Kier molecular flexibility index (Phi) is 4.16. The molecular formula is C12H13FIN3O2. The average molecular weight is 377 g/mol. The van der Waals surface area contributed by atoms with Gasteiger partial charge in [-0.25, -0.2) is 4.39 Å². The predicted octanol–water partition coefficient (Wildman–Crippen LogP) is 2.30. The van der Waals surface area contributed by atoms with E-state index < -0.39 is 5.54 Å². The second kappa shape index (κ2) is 5.51. The van der Waals surface area contributed by atoms with Crippen molar-refractivity contribution in [3.05, 3.63) is 33.4 Å². The summed E-state index contributed by atoms with van der Waals surface area (Å²) >= 11 is 2.01. The van der Waals surface area contributed by atoms with Crippen LogP contribution in [0.3, 0.4) is 0 Å². The summed E-state index contributed by atoms with van der Waals surface area (Å²) in [6.07, 6.45) is 0. The Balaban J connectivity index is 2.35. The Labute approximate surface area is 123 Å². The molecule has 1 unspecified atom stereocenters. The summed E-state index contributed by atoms with van der Waals surface area (Å²) in [6.45, 7) is 2.02. The van der Waals surface area contributed by atoms with Crippen molar-refractivity contribution in [2.75, 3.05) is 13.7 Å². The van der Waals surface area contributed by atoms with Crippen LogP contribution in [0.5, 0.6) is 0 Å². The van der Waals surface area contributed by atoms with E-state index in [1.165, 1.54) is 12.1 Å². The highest BCUT2D eigenvalue weighted by molar-refractivity contribution is 14.1. The standard InChI is InChI=1S/C12H13FIN3O2/c1-12(15,6-18-2)11-16-10(19-17-11)8-4-3-7(13)5-9(8)14/h3-5H,6,15H2,1-2H3. The van der Waals surface area contributed by atoms with Crippen molar-refractivity contribution >= 4 is 22.6 Å². The van der Waals surface area contributed by atoms with Crippen molar-refractivity contribution in [3.8, 4) is 11.5 Å². The van der Waals surface area contributed by atoms with Crippen molar-refractivity contribution in [2.45, 2.75) is 12.5 Å². The third kappa shape index (κ3) is 3.10. The highest BCUT2D eigenvalue weighted by atomic mass is 127. The third-order valence-corrected chi connectivity index (χ3v) is 3.44. The normalized spacial score (nSPS) is 14.4. The maximum Gasteiger partial charge on any atom is 0.259 e. The van der Waals surface area contributed by atoms with Gasteiger partial charge in [-0.15, -0.1) is 0 Å². The van der Waals surface area contributed by atoms with E-state index in [1.54, 1.807) is 20.1 Å². The summed E-state index contributed by atoms with van der Waals surface area (Å²) in [5, 5.41) is 3.86. The fraction of sp³-hybridized carbons (Fsp3) is 0.333. The Morgan fingerprint density at radius 1 is 1.53 bits per heavy atom. The second-order valence-electron chi connectivity index (χ2n) is 4.40. The van der Waals surface area contributed by atoms with E-state index in [1.807, 2.05) is 22.6 Å². The van der Waals surface area contributed by atoms with Gasteiger partial charge < -0.3 is 15.0 Å². The lowest BCUT2D eigenvalue weighted by Gasteiger charge is -2.18. The molecule has 1 aromatic heterocycles. The number of aromatic nitrogens is 2. The van der Waals surface area contributed by atoms with E-state index in [9.17, 15) is 4.39 Å². The van der Waals surface area contributed by atoms with Gasteiger partial charge in [-0.05, 0) is 47.7 Å². The smallest absolute Gasteiger partial charge is 0.259 e. The van der Waals surface area contributed by atoms with E-state index in [0.717, 1.165) is 0 Å². The summed E-state index contributed by atoms with van der Waals surface area (Å²) in [5.74, 6) is 0.354. The fourth-order valence-electron chi connectivity index (χ4n) is 1.59. The number of rotatable bonds is 4. The average Bonchev–Trinajstić information content (AvgIpc) is 2.78. The molecule has 0 aliphatic rings. The maximum atomic E-state index is 13.1. The molecule has 102 valence electrons. The lowest BCUT2D eigenvalue weighted by atomic mass is 10.1. The van der Waals surface area contributed by atoms with Crippen molar-refractivity contribution in [1.29, 1.82) is 0 Å². The molecule has 0 amide bonds. The van der Waals surface area contributed by atoms with E-state index >= 15 is 0 Å². The lowest BCUT2D eigenvalue weighted by molar-refractivity contribution is 0.135. The molecule has 0 fully saturated rings. The number of nitrogens with two attached hydrogens (primary N) is 1. The minimum Gasteiger partial charge on any atom is -0.382 e. The van der Waals surface area contributed by atoms with E-state index in [0.29, 0.717) is 20.8 Å². The minimum absolute atomic E-state index is 0.270. The first-order valence-corrected chi connectivity index (χ1v) is 6.59. The molecule has 2 N–H and O–H groups in total. The van der Waals surface area contributed by atoms with E-state index in [-0.39, 0.29) is 12.4 Å². The molecule has 0 aliphatic heterocycles. The number of hydrogen-bond acceptors (Lipinski definition) is 5. The zero-order valence-electron chi connectivity index (χ0n) is 10.5. The molecule has 0 spiro atoms. The summed E-state index contributed by atoms with van der Waals surface area (Å²) < 4.78 is 23.9. The number of benzene rings is 1. The van der Waals surface area contributed by atoms with Gasteiger partial charge in [0.15, 0.2) is 5.82 Å². The van der Waals surface area contributed by atoms with Gasteiger partial charge >= 0.3 is 0 Å². The van der Waals surface area contributed by atoms with Crippen LogP contribution in [-0.4, -0.2) is 23.9 Å². The zero-order valence-corrected chi connectivity index (χ0v) is 12.6. The Morgan fingerprint density at radius 3 is 2.89 bits per heavy atom. The Bertz CT molecular complexity index is 586. The number of ether oxygens (including phenoxy) is 1. The first kappa shape index (κ1) is 14.4. The van der Waals surface area contributed by atoms with Crippen molar-refractivity contribution in [2.24, 2.45) is 5.73 Å². The van der Waals surface area contributed by atoms with Gasteiger partial charge in [0, 0.05) is 10.7 Å². The molecule has 19 heavy (non-hydrogen) atoms. The first-order valence-electron chi connectivity index (χ1n) is 5.51. The minimum atomic E-state index is -0.831. The molecule has 0 radical (unpaired) electrons. The molecule has 7 heteroatoms. The van der Waals surface area contributed by atoms with Crippen LogP contribution in [0.1, 0.15) is 12.7 Å². The summed E-state index contributed by atoms with van der Waals surface area (Å²) in [7, 11) is 1.55. The van der Waals surface area contributed by atoms with Crippen LogP contribution in [0.25, 0.3) is 11.5 Å². The van der Waals surface area contributed by atoms with Gasteiger partial charge in [0.1, 0.15) is 11.4 Å². The third-order valence-electron chi connectivity index (χ3n) is 2.54. The van der Waals surface area contributed by atoms with Crippen LogP contribution in [0.2, 0.25) is 0 Å². The van der Waals surface area contributed by atoms with Gasteiger partial charge in [0.2, 0.25) is 0 Å². The van der Waals surface area contributed by atoms with Crippen LogP contribution in [-0.2, 0) is 10.3 Å². The summed E-state index contributed by atoms with van der Waals surface area (Å²) in [6, 6.07) is 4.34. The van der Waals surface area contributed by atoms with Crippen molar-refractivity contribution in [1.82, 2.24) is 10.1 Å².